The maximum Gasteiger partial charge on any atom is 0.410 e. The molecule has 0 aromatic rings. The number of Topliss-reactive ketones (excluding diaryl/α,β-unsaturated/α-hetero) is 1. The highest BCUT2D eigenvalue weighted by Crippen LogP contribution is 2.37. The van der Waals surface area contributed by atoms with Gasteiger partial charge in [0.2, 0.25) is 0 Å². The van der Waals surface area contributed by atoms with Crippen molar-refractivity contribution < 1.29 is 19.1 Å². The molecule has 0 saturated carbocycles. The molecule has 108 valence electrons. The molecule has 2 saturated heterocycles. The van der Waals surface area contributed by atoms with Gasteiger partial charge in [-0.2, -0.15) is 0 Å². The fourth-order valence-electron chi connectivity index (χ4n) is 2.77. The summed E-state index contributed by atoms with van der Waals surface area (Å²) < 4.78 is 10.6. The summed E-state index contributed by atoms with van der Waals surface area (Å²) in [4.78, 5) is 25.9. The number of ketones is 1. The van der Waals surface area contributed by atoms with Crippen molar-refractivity contribution in [2.75, 3.05) is 26.3 Å². The van der Waals surface area contributed by atoms with E-state index in [1.54, 1.807) is 4.90 Å². The Morgan fingerprint density at radius 3 is 2.74 bits per heavy atom. The zero-order chi connectivity index (χ0) is 14.1. The number of hydrogen-bond acceptors (Lipinski definition) is 4. The molecule has 0 bridgehead atoms. The van der Waals surface area contributed by atoms with Gasteiger partial charge in [-0.05, 0) is 40.0 Å². The van der Waals surface area contributed by atoms with Crippen LogP contribution in [0.25, 0.3) is 0 Å². The molecular weight excluding hydrogens is 246 g/mol. The van der Waals surface area contributed by atoms with Gasteiger partial charge in [-0.3, -0.25) is 4.79 Å². The van der Waals surface area contributed by atoms with Crippen molar-refractivity contribution in [2.45, 2.75) is 45.6 Å². The molecule has 1 amide bonds. The molecule has 0 radical (unpaired) electrons. The number of piperidine rings is 1. The van der Waals surface area contributed by atoms with Gasteiger partial charge in [-0.15, -0.1) is 0 Å². The van der Waals surface area contributed by atoms with Gasteiger partial charge in [0.05, 0.1) is 5.41 Å². The van der Waals surface area contributed by atoms with Crippen molar-refractivity contribution in [3.8, 4) is 0 Å². The number of amides is 1. The van der Waals surface area contributed by atoms with Gasteiger partial charge >= 0.3 is 6.09 Å². The van der Waals surface area contributed by atoms with E-state index in [4.69, 9.17) is 9.47 Å². The molecule has 2 aliphatic heterocycles. The lowest BCUT2D eigenvalue weighted by Crippen LogP contribution is -2.53. The molecule has 19 heavy (non-hydrogen) atoms. The summed E-state index contributed by atoms with van der Waals surface area (Å²) in [5.74, 6) is 0.131. The number of ether oxygens (including phenoxy) is 2. The minimum Gasteiger partial charge on any atom is -0.444 e. The molecule has 1 spiro atoms. The lowest BCUT2D eigenvalue weighted by atomic mass is 9.73. The Balaban J connectivity index is 2.04. The number of carbonyl (C=O) groups excluding carboxylic acids is 2. The van der Waals surface area contributed by atoms with Gasteiger partial charge in [0, 0.05) is 19.7 Å². The smallest absolute Gasteiger partial charge is 0.410 e. The van der Waals surface area contributed by atoms with Crippen LogP contribution in [0.5, 0.6) is 0 Å². The minimum atomic E-state index is -0.499. The van der Waals surface area contributed by atoms with E-state index in [0.717, 1.165) is 12.8 Å². The molecule has 1 unspecified atom stereocenters. The standard InChI is InChI=1S/C14H23NO4/c1-13(2,3)19-12(17)15-7-4-5-14(10-15)6-8-18-9-11(14)16/h4-10H2,1-3H3. The van der Waals surface area contributed by atoms with E-state index in [1.165, 1.54) is 0 Å². The number of nitrogens with zero attached hydrogens (tertiary/aromatic N) is 1. The number of likely N-dealkylation sites (tertiary alicyclic amines) is 1. The van der Waals surface area contributed by atoms with Gasteiger partial charge in [0.1, 0.15) is 12.2 Å². The Kier molecular flexibility index (Phi) is 3.85. The summed E-state index contributed by atoms with van der Waals surface area (Å²) in [6.45, 7) is 7.49. The van der Waals surface area contributed by atoms with Gasteiger partial charge in [-0.25, -0.2) is 4.79 Å². The molecule has 0 N–H and O–H groups in total. The quantitative estimate of drug-likeness (QED) is 0.675. The highest BCUT2D eigenvalue weighted by molar-refractivity contribution is 5.87. The SMILES string of the molecule is CC(C)(C)OC(=O)N1CCCC2(CCOCC2=O)C1. The summed E-state index contributed by atoms with van der Waals surface area (Å²) in [6, 6.07) is 0. The zero-order valence-electron chi connectivity index (χ0n) is 12.0. The van der Waals surface area contributed by atoms with Gasteiger partial charge < -0.3 is 14.4 Å². The van der Waals surface area contributed by atoms with Crippen LogP contribution in [0.15, 0.2) is 0 Å². The van der Waals surface area contributed by atoms with Crippen LogP contribution in [0, 0.1) is 5.41 Å². The predicted octanol–water partition coefficient (Wildman–Crippen LogP) is 1.99. The van der Waals surface area contributed by atoms with Crippen LogP contribution in [0.2, 0.25) is 0 Å². The predicted molar refractivity (Wildman–Crippen MR) is 69.9 cm³/mol. The summed E-state index contributed by atoms with van der Waals surface area (Å²) in [6.07, 6.45) is 2.11. The number of rotatable bonds is 0. The summed E-state index contributed by atoms with van der Waals surface area (Å²) >= 11 is 0. The van der Waals surface area contributed by atoms with Crippen LogP contribution >= 0.6 is 0 Å². The van der Waals surface area contributed by atoms with Crippen LogP contribution in [0.4, 0.5) is 4.79 Å². The molecular formula is C14H23NO4. The van der Waals surface area contributed by atoms with E-state index < -0.39 is 11.0 Å². The lowest BCUT2D eigenvalue weighted by molar-refractivity contribution is -0.144. The Morgan fingerprint density at radius 2 is 2.11 bits per heavy atom. The van der Waals surface area contributed by atoms with E-state index in [1.807, 2.05) is 20.8 Å². The largest absolute Gasteiger partial charge is 0.444 e. The Morgan fingerprint density at radius 1 is 1.37 bits per heavy atom. The zero-order valence-corrected chi connectivity index (χ0v) is 12.0. The van der Waals surface area contributed by atoms with Crippen LogP contribution in [0.1, 0.15) is 40.0 Å². The van der Waals surface area contributed by atoms with Gasteiger partial charge in [-0.1, -0.05) is 0 Å². The highest BCUT2D eigenvalue weighted by Gasteiger charge is 2.45. The van der Waals surface area contributed by atoms with Crippen LogP contribution in [-0.4, -0.2) is 48.7 Å². The van der Waals surface area contributed by atoms with E-state index in [-0.39, 0.29) is 18.5 Å². The average molecular weight is 269 g/mol. The third-order valence-electron chi connectivity index (χ3n) is 3.78. The van der Waals surface area contributed by atoms with Crippen molar-refractivity contribution >= 4 is 11.9 Å². The first-order valence-corrected chi connectivity index (χ1v) is 6.91. The molecule has 2 rings (SSSR count). The molecule has 1 atom stereocenters. The fourth-order valence-corrected chi connectivity index (χ4v) is 2.77. The monoisotopic (exact) mass is 269 g/mol. The van der Waals surface area contributed by atoms with Gasteiger partial charge in [0.15, 0.2) is 5.78 Å². The summed E-state index contributed by atoms with van der Waals surface area (Å²) in [7, 11) is 0. The second-order valence-corrected chi connectivity index (χ2v) is 6.51. The summed E-state index contributed by atoms with van der Waals surface area (Å²) in [5, 5.41) is 0. The third kappa shape index (κ3) is 3.26. The van der Waals surface area contributed by atoms with Crippen LogP contribution in [-0.2, 0) is 14.3 Å². The maximum atomic E-state index is 12.1. The minimum absolute atomic E-state index is 0.131. The first kappa shape index (κ1) is 14.3. The van der Waals surface area contributed by atoms with E-state index in [2.05, 4.69) is 0 Å². The van der Waals surface area contributed by atoms with Crippen molar-refractivity contribution in [3.05, 3.63) is 0 Å². The Labute approximate surface area is 114 Å². The molecule has 0 aliphatic carbocycles. The molecule has 5 nitrogen and oxygen atoms in total. The molecule has 2 heterocycles. The average Bonchev–Trinajstić information content (AvgIpc) is 2.31. The first-order chi connectivity index (χ1) is 8.82. The topological polar surface area (TPSA) is 55.8 Å². The first-order valence-electron chi connectivity index (χ1n) is 6.91. The molecule has 2 aliphatic rings. The van der Waals surface area contributed by atoms with Crippen LogP contribution < -0.4 is 0 Å². The molecule has 2 fully saturated rings. The number of hydrogen-bond donors (Lipinski definition) is 0. The Bertz CT molecular complexity index is 370. The van der Waals surface area contributed by atoms with Crippen molar-refractivity contribution in [1.82, 2.24) is 4.90 Å². The second-order valence-electron chi connectivity index (χ2n) is 6.51. The highest BCUT2D eigenvalue weighted by atomic mass is 16.6. The fraction of sp³-hybridized carbons (Fsp3) is 0.857. The van der Waals surface area contributed by atoms with Gasteiger partial charge in [0.25, 0.3) is 0 Å². The third-order valence-corrected chi connectivity index (χ3v) is 3.78. The Hall–Kier alpha value is -1.10. The van der Waals surface area contributed by atoms with E-state index in [9.17, 15) is 9.59 Å². The van der Waals surface area contributed by atoms with Crippen molar-refractivity contribution in [3.63, 3.8) is 0 Å². The van der Waals surface area contributed by atoms with Crippen LogP contribution in [0.3, 0.4) is 0 Å². The normalized spacial score (nSPS) is 28.6. The molecule has 0 aromatic heterocycles. The molecule has 0 aromatic carbocycles. The second kappa shape index (κ2) is 5.12. The summed E-state index contributed by atoms with van der Waals surface area (Å²) in [5.41, 5.74) is -0.894. The maximum absolute atomic E-state index is 12.1. The van der Waals surface area contributed by atoms with Crippen molar-refractivity contribution in [1.29, 1.82) is 0 Å². The lowest BCUT2D eigenvalue weighted by Gasteiger charge is -2.43. The number of carbonyl (C=O) groups is 2. The van der Waals surface area contributed by atoms with Crippen molar-refractivity contribution in [2.24, 2.45) is 5.41 Å². The molecule has 5 heteroatoms. The van der Waals surface area contributed by atoms with E-state index in [0.29, 0.717) is 26.1 Å². The van der Waals surface area contributed by atoms with E-state index >= 15 is 0 Å².